The number of piperidine rings is 1. The van der Waals surface area contributed by atoms with Crippen molar-refractivity contribution in [2.45, 2.75) is 33.1 Å². The van der Waals surface area contributed by atoms with Gasteiger partial charge in [0, 0.05) is 0 Å². The fraction of sp³-hybridized carbons (Fsp3) is 1.00. The van der Waals surface area contributed by atoms with Gasteiger partial charge in [0.2, 0.25) is 0 Å². The van der Waals surface area contributed by atoms with Gasteiger partial charge in [0.1, 0.15) is 0 Å². The van der Waals surface area contributed by atoms with E-state index >= 15 is 0 Å². The van der Waals surface area contributed by atoms with Gasteiger partial charge in [0.15, 0.2) is 0 Å². The number of hydrogen-bond acceptors (Lipinski definition) is 1. The first kappa shape index (κ1) is 16.5. The molecule has 1 fully saturated rings. The molecule has 15 heavy (non-hydrogen) atoms. The van der Waals surface area contributed by atoms with E-state index in [-0.39, 0.29) is 56.8 Å². The largest absolute Gasteiger partial charge is 1.00 e. The molecular weight excluding hydrogens is 229 g/mol. The number of rotatable bonds is 3. The molecule has 0 aromatic heterocycles. The summed E-state index contributed by atoms with van der Waals surface area (Å²) >= 11 is 0. The normalized spacial score (nSPS) is 22.2. The first-order valence-electron chi connectivity index (χ1n) is 5.28. The summed E-state index contributed by atoms with van der Waals surface area (Å²) in [7, 11) is 0. The van der Waals surface area contributed by atoms with E-state index in [1.807, 2.05) is 0 Å². The van der Waals surface area contributed by atoms with Gasteiger partial charge >= 0.3 is 58.4 Å². The van der Waals surface area contributed by atoms with Crippen LogP contribution in [0.15, 0.2) is 0 Å². The van der Waals surface area contributed by atoms with Gasteiger partial charge in [-0.25, -0.2) is 0 Å². The second-order valence-corrected chi connectivity index (χ2v) is 4.68. The Bertz CT molecular complexity index is 190. The van der Waals surface area contributed by atoms with Crippen molar-refractivity contribution in [1.82, 2.24) is 4.90 Å². The SMILES string of the molecule is CCC1(C)CCN(C[B-](F)(F)F)CC1.[K+]. The molecule has 1 aliphatic rings. The standard InChI is InChI=1S/C9H18BF3N.K/c1-3-9(2)4-6-14(7-5-9)8-10(11,12)13;/h3-8H2,1-2H3;/q-1;+1. The Morgan fingerprint density at radius 1 is 1.20 bits per heavy atom. The Hall–Kier alpha value is 1.45. The van der Waals surface area contributed by atoms with Crippen LogP contribution < -0.4 is 51.4 Å². The van der Waals surface area contributed by atoms with E-state index in [1.165, 1.54) is 4.90 Å². The van der Waals surface area contributed by atoms with Crippen molar-refractivity contribution in [1.29, 1.82) is 0 Å². The van der Waals surface area contributed by atoms with Crippen LogP contribution in [0.1, 0.15) is 33.1 Å². The van der Waals surface area contributed by atoms with Gasteiger partial charge in [0.25, 0.3) is 0 Å². The fourth-order valence-corrected chi connectivity index (χ4v) is 1.92. The first-order valence-corrected chi connectivity index (χ1v) is 5.28. The molecule has 0 unspecified atom stereocenters. The smallest absolute Gasteiger partial charge is 0.448 e. The van der Waals surface area contributed by atoms with Crippen LogP contribution in [0.3, 0.4) is 0 Å². The average Bonchev–Trinajstić information content (AvgIpc) is 2.07. The topological polar surface area (TPSA) is 3.24 Å². The average molecular weight is 247 g/mol. The molecule has 1 nitrogen and oxygen atoms in total. The Balaban J connectivity index is 0.00000196. The molecule has 0 aromatic carbocycles. The maximum absolute atomic E-state index is 12.1. The molecule has 0 bridgehead atoms. The van der Waals surface area contributed by atoms with E-state index in [4.69, 9.17) is 0 Å². The van der Waals surface area contributed by atoms with Crippen LogP contribution in [0, 0.1) is 5.41 Å². The van der Waals surface area contributed by atoms with Gasteiger partial charge in [-0.1, -0.05) is 20.3 Å². The van der Waals surface area contributed by atoms with Gasteiger partial charge in [0.05, 0.1) is 0 Å². The Labute approximate surface area is 133 Å². The molecule has 6 heteroatoms. The van der Waals surface area contributed by atoms with Crippen LogP contribution >= 0.6 is 0 Å². The molecule has 0 amide bonds. The molecule has 84 valence electrons. The monoisotopic (exact) mass is 247 g/mol. The number of hydrogen-bond donors (Lipinski definition) is 0. The maximum atomic E-state index is 12.1. The Morgan fingerprint density at radius 2 is 1.67 bits per heavy atom. The van der Waals surface area contributed by atoms with Crippen molar-refractivity contribution in [2.75, 3.05) is 19.5 Å². The molecule has 1 aliphatic heterocycles. The van der Waals surface area contributed by atoms with Crippen molar-refractivity contribution >= 4 is 6.98 Å². The Morgan fingerprint density at radius 3 is 2.00 bits per heavy atom. The van der Waals surface area contributed by atoms with E-state index in [2.05, 4.69) is 13.8 Å². The van der Waals surface area contributed by atoms with Crippen LogP contribution in [-0.2, 0) is 0 Å². The van der Waals surface area contributed by atoms with Crippen molar-refractivity contribution < 1.29 is 64.3 Å². The summed E-state index contributed by atoms with van der Waals surface area (Å²) in [4.78, 5) is 1.54. The quantitative estimate of drug-likeness (QED) is 0.629. The summed E-state index contributed by atoms with van der Waals surface area (Å²) in [6.45, 7) is 0.848. The summed E-state index contributed by atoms with van der Waals surface area (Å²) in [5, 5.41) is 0. The molecule has 0 aromatic rings. The molecule has 0 radical (unpaired) electrons. The van der Waals surface area contributed by atoms with Crippen molar-refractivity contribution in [2.24, 2.45) is 5.41 Å². The summed E-state index contributed by atoms with van der Waals surface area (Å²) < 4.78 is 36.4. The molecule has 0 saturated carbocycles. The van der Waals surface area contributed by atoms with E-state index < -0.39 is 13.4 Å². The number of nitrogens with zero attached hydrogens (tertiary/aromatic N) is 1. The zero-order valence-corrected chi connectivity index (χ0v) is 13.0. The minimum Gasteiger partial charge on any atom is -0.448 e. The third-order valence-electron chi connectivity index (χ3n) is 3.38. The first-order chi connectivity index (χ1) is 6.35. The minimum absolute atomic E-state index is 0. The molecule has 0 spiro atoms. The summed E-state index contributed by atoms with van der Waals surface area (Å²) in [6, 6.07) is 0. The molecule has 0 atom stereocenters. The maximum Gasteiger partial charge on any atom is 1.00 e. The zero-order valence-electron chi connectivity index (χ0n) is 9.90. The van der Waals surface area contributed by atoms with Crippen molar-refractivity contribution in [3.63, 3.8) is 0 Å². The number of likely N-dealkylation sites (tertiary alicyclic amines) is 1. The van der Waals surface area contributed by atoms with Crippen molar-refractivity contribution in [3.8, 4) is 0 Å². The van der Waals surface area contributed by atoms with Gasteiger partial charge in [-0.15, -0.1) is 0 Å². The van der Waals surface area contributed by atoms with E-state index in [0.29, 0.717) is 13.1 Å². The zero-order chi connectivity index (χ0) is 10.8. The molecule has 0 N–H and O–H groups in total. The number of halogens is 3. The summed E-state index contributed by atoms with van der Waals surface area (Å²) in [6.07, 6.45) is 2.18. The molecule has 1 heterocycles. The van der Waals surface area contributed by atoms with E-state index in [0.717, 1.165) is 19.3 Å². The van der Waals surface area contributed by atoms with Crippen LogP contribution in [-0.4, -0.2) is 31.4 Å². The van der Waals surface area contributed by atoms with Crippen molar-refractivity contribution in [3.05, 3.63) is 0 Å². The van der Waals surface area contributed by atoms with Gasteiger partial charge in [-0.3, -0.25) is 0 Å². The summed E-state index contributed by atoms with van der Waals surface area (Å²) in [5.74, 6) is 0. The third-order valence-corrected chi connectivity index (χ3v) is 3.38. The predicted molar refractivity (Wildman–Crippen MR) is 53.2 cm³/mol. The van der Waals surface area contributed by atoms with Crippen LogP contribution in [0.5, 0.6) is 0 Å². The van der Waals surface area contributed by atoms with Crippen LogP contribution in [0.25, 0.3) is 0 Å². The predicted octanol–water partition coefficient (Wildman–Crippen LogP) is -0.111. The van der Waals surface area contributed by atoms with Crippen LogP contribution in [0.4, 0.5) is 12.9 Å². The van der Waals surface area contributed by atoms with E-state index in [1.54, 1.807) is 0 Å². The third kappa shape index (κ3) is 6.08. The molecule has 1 saturated heterocycles. The second kappa shape index (κ2) is 6.40. The molecule has 0 aliphatic carbocycles. The molecule has 1 rings (SSSR count). The van der Waals surface area contributed by atoms with Crippen LogP contribution in [0.2, 0.25) is 0 Å². The van der Waals surface area contributed by atoms with Gasteiger partial charge in [-0.2, -0.15) is 0 Å². The van der Waals surface area contributed by atoms with Gasteiger partial charge < -0.3 is 17.8 Å². The van der Waals surface area contributed by atoms with Gasteiger partial charge in [-0.05, 0) is 37.8 Å². The minimum atomic E-state index is -4.64. The second-order valence-electron chi connectivity index (χ2n) is 4.68. The molecular formula is C9H18BF3KN. The van der Waals surface area contributed by atoms with E-state index in [9.17, 15) is 12.9 Å². The Kier molecular flexibility index (Phi) is 7.02. The summed E-state index contributed by atoms with van der Waals surface area (Å²) in [5.41, 5.74) is 0.273. The fourth-order valence-electron chi connectivity index (χ4n) is 1.92.